The molecule has 1 saturated heterocycles. The van der Waals surface area contributed by atoms with Crippen LogP contribution in [0.4, 0.5) is 11.8 Å². The lowest BCUT2D eigenvalue weighted by Gasteiger charge is -2.16. The van der Waals surface area contributed by atoms with Crippen LogP contribution in [0.1, 0.15) is 28.4 Å². The number of pyridine rings is 1. The molecule has 1 aliphatic rings. The van der Waals surface area contributed by atoms with Crippen LogP contribution in [0.5, 0.6) is 0 Å². The number of halogens is 1. The number of amides is 1. The summed E-state index contributed by atoms with van der Waals surface area (Å²) in [6.45, 7) is 1.35. The molecule has 136 valence electrons. The lowest BCUT2D eigenvalue weighted by molar-refractivity contribution is 0.0790. The van der Waals surface area contributed by atoms with Crippen LogP contribution in [0.25, 0.3) is 0 Å². The first-order valence-corrected chi connectivity index (χ1v) is 9.13. The molecule has 1 aliphatic heterocycles. The number of likely N-dealkylation sites (tertiary alicyclic amines) is 1. The number of anilines is 2. The molecule has 1 amide bonds. The van der Waals surface area contributed by atoms with E-state index in [1.165, 1.54) is 0 Å². The van der Waals surface area contributed by atoms with E-state index in [0.29, 0.717) is 35.4 Å². The Morgan fingerprint density at radius 1 is 1.07 bits per heavy atom. The van der Waals surface area contributed by atoms with E-state index in [-0.39, 0.29) is 11.8 Å². The smallest absolute Gasteiger partial charge is 0.253 e. The minimum Gasteiger partial charge on any atom is -0.338 e. The summed E-state index contributed by atoms with van der Waals surface area (Å²) in [4.78, 5) is 27.6. The summed E-state index contributed by atoms with van der Waals surface area (Å²) < 4.78 is 0. The molecule has 3 heterocycles. The van der Waals surface area contributed by atoms with Crippen molar-refractivity contribution in [2.45, 2.75) is 12.3 Å². The summed E-state index contributed by atoms with van der Waals surface area (Å²) >= 11 is 5.90. The van der Waals surface area contributed by atoms with Gasteiger partial charge >= 0.3 is 0 Å². The summed E-state index contributed by atoms with van der Waals surface area (Å²) in [6.07, 6.45) is 4.32. The molecule has 0 unspecified atom stereocenters. The van der Waals surface area contributed by atoms with Gasteiger partial charge in [0.2, 0.25) is 5.95 Å². The number of carbonyl (C=O) groups excluding carboxylic acids is 1. The molecule has 2 aromatic heterocycles. The third kappa shape index (κ3) is 4.06. The van der Waals surface area contributed by atoms with E-state index in [0.717, 1.165) is 12.1 Å². The van der Waals surface area contributed by atoms with E-state index in [2.05, 4.69) is 20.3 Å². The highest BCUT2D eigenvalue weighted by Gasteiger charge is 2.29. The fourth-order valence-corrected chi connectivity index (χ4v) is 3.30. The number of rotatable bonds is 4. The van der Waals surface area contributed by atoms with Crippen molar-refractivity contribution in [3.8, 4) is 0 Å². The largest absolute Gasteiger partial charge is 0.338 e. The Labute approximate surface area is 162 Å². The molecule has 27 heavy (non-hydrogen) atoms. The molecule has 1 N–H and O–H groups in total. The SMILES string of the molecule is O=C(c1ccc(Cl)cc1)N1CC[C@@H](c2ccnc(Nc3ccccn3)n2)C1. The maximum atomic E-state index is 12.7. The van der Waals surface area contributed by atoms with E-state index in [4.69, 9.17) is 11.6 Å². The third-order valence-corrected chi connectivity index (χ3v) is 4.82. The molecular formula is C20H18ClN5O. The average Bonchev–Trinajstić information content (AvgIpc) is 3.19. The third-order valence-electron chi connectivity index (χ3n) is 4.57. The van der Waals surface area contributed by atoms with Crippen LogP contribution in [-0.2, 0) is 0 Å². The maximum absolute atomic E-state index is 12.7. The fourth-order valence-electron chi connectivity index (χ4n) is 3.17. The van der Waals surface area contributed by atoms with Gasteiger partial charge in [-0.15, -0.1) is 0 Å². The number of benzene rings is 1. The number of aromatic nitrogens is 3. The van der Waals surface area contributed by atoms with Crippen molar-refractivity contribution in [2.75, 3.05) is 18.4 Å². The molecule has 0 bridgehead atoms. The summed E-state index contributed by atoms with van der Waals surface area (Å²) in [5.74, 6) is 1.41. The standard InChI is InChI=1S/C20H18ClN5O/c21-16-6-4-14(5-7-16)19(27)26-12-9-15(13-26)17-8-11-23-20(24-17)25-18-3-1-2-10-22-18/h1-8,10-11,15H,9,12-13H2,(H,22,23,24,25)/t15-/m1/s1. The molecule has 6 nitrogen and oxygen atoms in total. The Morgan fingerprint density at radius 2 is 1.93 bits per heavy atom. The van der Waals surface area contributed by atoms with E-state index in [9.17, 15) is 4.79 Å². The van der Waals surface area contributed by atoms with Gasteiger partial charge in [0.1, 0.15) is 5.82 Å². The number of carbonyl (C=O) groups is 1. The first kappa shape index (κ1) is 17.4. The number of hydrogen-bond donors (Lipinski definition) is 1. The molecule has 1 fully saturated rings. The second kappa shape index (κ2) is 7.72. The highest BCUT2D eigenvalue weighted by Crippen LogP contribution is 2.27. The molecule has 1 aromatic carbocycles. The number of hydrogen-bond acceptors (Lipinski definition) is 5. The van der Waals surface area contributed by atoms with Gasteiger partial charge in [-0.1, -0.05) is 17.7 Å². The molecule has 0 saturated carbocycles. The molecule has 4 rings (SSSR count). The zero-order valence-corrected chi connectivity index (χ0v) is 15.3. The lowest BCUT2D eigenvalue weighted by Crippen LogP contribution is -2.28. The Morgan fingerprint density at radius 3 is 2.70 bits per heavy atom. The van der Waals surface area contributed by atoms with Crippen molar-refractivity contribution in [1.29, 1.82) is 0 Å². The normalized spacial score (nSPS) is 16.3. The van der Waals surface area contributed by atoms with Crippen molar-refractivity contribution in [3.05, 3.63) is 77.2 Å². The maximum Gasteiger partial charge on any atom is 0.253 e. The summed E-state index contributed by atoms with van der Waals surface area (Å²) in [7, 11) is 0. The highest BCUT2D eigenvalue weighted by atomic mass is 35.5. The van der Waals surface area contributed by atoms with E-state index in [1.54, 1.807) is 36.7 Å². The van der Waals surface area contributed by atoms with Crippen molar-refractivity contribution in [3.63, 3.8) is 0 Å². The quantitative estimate of drug-likeness (QED) is 0.744. The van der Waals surface area contributed by atoms with Crippen LogP contribution in [0, 0.1) is 0 Å². The molecular weight excluding hydrogens is 362 g/mol. The summed E-state index contributed by atoms with van der Waals surface area (Å²) in [5, 5.41) is 3.73. The van der Waals surface area contributed by atoms with E-state index >= 15 is 0 Å². The lowest BCUT2D eigenvalue weighted by atomic mass is 10.1. The van der Waals surface area contributed by atoms with Crippen LogP contribution in [-0.4, -0.2) is 38.8 Å². The predicted octanol–water partition coefficient (Wildman–Crippen LogP) is 3.90. The second-order valence-corrected chi connectivity index (χ2v) is 6.83. The van der Waals surface area contributed by atoms with Gasteiger partial charge in [-0.05, 0) is 48.9 Å². The van der Waals surface area contributed by atoms with Gasteiger partial charge in [-0.3, -0.25) is 4.79 Å². The Balaban J connectivity index is 1.45. The zero-order valence-electron chi connectivity index (χ0n) is 14.5. The average molecular weight is 380 g/mol. The topological polar surface area (TPSA) is 71.0 Å². The first-order chi connectivity index (χ1) is 13.2. The van der Waals surface area contributed by atoms with Crippen LogP contribution >= 0.6 is 11.6 Å². The van der Waals surface area contributed by atoms with Gasteiger partial charge in [0, 0.05) is 42.0 Å². The zero-order chi connectivity index (χ0) is 18.6. The van der Waals surface area contributed by atoms with Crippen LogP contribution in [0.15, 0.2) is 60.9 Å². The fraction of sp³-hybridized carbons (Fsp3) is 0.200. The molecule has 0 radical (unpaired) electrons. The Kier molecular flexibility index (Phi) is 4.98. The second-order valence-electron chi connectivity index (χ2n) is 6.39. The Hall–Kier alpha value is -2.99. The van der Waals surface area contributed by atoms with Gasteiger partial charge in [-0.2, -0.15) is 0 Å². The molecule has 7 heteroatoms. The van der Waals surface area contributed by atoms with Crippen LogP contribution < -0.4 is 5.32 Å². The van der Waals surface area contributed by atoms with Gasteiger partial charge in [0.15, 0.2) is 0 Å². The molecule has 0 spiro atoms. The minimum absolute atomic E-state index is 0.0232. The van der Waals surface area contributed by atoms with Crippen molar-refractivity contribution in [2.24, 2.45) is 0 Å². The van der Waals surface area contributed by atoms with Gasteiger partial charge in [0.05, 0.1) is 5.69 Å². The van der Waals surface area contributed by atoms with Gasteiger partial charge in [0.25, 0.3) is 5.91 Å². The van der Waals surface area contributed by atoms with Crippen LogP contribution in [0.3, 0.4) is 0 Å². The van der Waals surface area contributed by atoms with Gasteiger partial charge in [-0.25, -0.2) is 15.0 Å². The Bertz CT molecular complexity index is 933. The van der Waals surface area contributed by atoms with Gasteiger partial charge < -0.3 is 10.2 Å². The number of nitrogens with zero attached hydrogens (tertiary/aromatic N) is 4. The van der Waals surface area contributed by atoms with Crippen LogP contribution in [0.2, 0.25) is 5.02 Å². The highest BCUT2D eigenvalue weighted by molar-refractivity contribution is 6.30. The van der Waals surface area contributed by atoms with Crippen molar-refractivity contribution >= 4 is 29.3 Å². The molecule has 1 atom stereocenters. The summed E-state index contributed by atoms with van der Waals surface area (Å²) in [6, 6.07) is 14.5. The first-order valence-electron chi connectivity index (χ1n) is 8.75. The van der Waals surface area contributed by atoms with Crippen molar-refractivity contribution in [1.82, 2.24) is 19.9 Å². The van der Waals surface area contributed by atoms with E-state index in [1.807, 2.05) is 29.2 Å². The van der Waals surface area contributed by atoms with E-state index < -0.39 is 0 Å². The molecule has 3 aromatic rings. The minimum atomic E-state index is 0.0232. The summed E-state index contributed by atoms with van der Waals surface area (Å²) in [5.41, 5.74) is 1.58. The predicted molar refractivity (Wildman–Crippen MR) is 104 cm³/mol. The monoisotopic (exact) mass is 379 g/mol. The van der Waals surface area contributed by atoms with Crippen molar-refractivity contribution < 1.29 is 4.79 Å². The number of nitrogens with one attached hydrogen (secondary N) is 1. The molecule has 0 aliphatic carbocycles.